The molecule has 2 N–H and O–H groups in total. The van der Waals surface area contributed by atoms with Gasteiger partial charge < -0.3 is 9.72 Å². The first-order valence-corrected chi connectivity index (χ1v) is 6.09. The van der Waals surface area contributed by atoms with E-state index in [0.717, 1.165) is 6.20 Å². The van der Waals surface area contributed by atoms with E-state index in [2.05, 4.69) is 19.4 Å². The lowest BCUT2D eigenvalue weighted by molar-refractivity contribution is -0.140. The molecule has 0 fully saturated rings. The van der Waals surface area contributed by atoms with E-state index < -0.39 is 21.4 Å². The van der Waals surface area contributed by atoms with E-state index in [0.29, 0.717) is 0 Å². The van der Waals surface area contributed by atoms with E-state index in [4.69, 9.17) is 11.6 Å². The van der Waals surface area contributed by atoms with E-state index in [9.17, 15) is 13.2 Å². The summed E-state index contributed by atoms with van der Waals surface area (Å²) >= 11 is 5.57. The molecule has 0 aromatic carbocycles. The molecular formula is C7H10ClN3O4S. The standard InChI is InChI=1S/C7H10ClN3O4S/c1-15-7(12)5(8)2-11-16(13,14)6-3-9-4-10-6/h3-5,11H,2H2,1H3,(H,9,10). The summed E-state index contributed by atoms with van der Waals surface area (Å²) in [5.41, 5.74) is 0. The highest BCUT2D eigenvalue weighted by Gasteiger charge is 2.21. The molecule has 9 heteroatoms. The molecule has 0 spiro atoms. The van der Waals surface area contributed by atoms with Crippen LogP contribution in [-0.4, -0.2) is 43.4 Å². The number of H-pyrrole nitrogens is 1. The number of ether oxygens (including phenoxy) is 1. The Morgan fingerprint density at radius 2 is 2.44 bits per heavy atom. The molecule has 0 bridgehead atoms. The van der Waals surface area contributed by atoms with Crippen molar-refractivity contribution in [2.75, 3.05) is 13.7 Å². The zero-order valence-electron chi connectivity index (χ0n) is 8.31. The Kier molecular flexibility index (Phi) is 4.27. The highest BCUT2D eigenvalue weighted by atomic mass is 35.5. The van der Waals surface area contributed by atoms with Crippen molar-refractivity contribution < 1.29 is 17.9 Å². The smallest absolute Gasteiger partial charge is 0.325 e. The summed E-state index contributed by atoms with van der Waals surface area (Å²) < 4.78 is 29.5. The first-order chi connectivity index (χ1) is 7.47. The average Bonchev–Trinajstić information content (AvgIpc) is 2.78. The second-order valence-corrected chi connectivity index (χ2v) is 5.02. The fourth-order valence-corrected chi connectivity index (χ4v) is 2.07. The number of hydrogen-bond donors (Lipinski definition) is 2. The molecule has 1 aromatic rings. The quantitative estimate of drug-likeness (QED) is 0.552. The molecule has 0 amide bonds. The molecule has 16 heavy (non-hydrogen) atoms. The number of aromatic amines is 1. The molecule has 1 heterocycles. The van der Waals surface area contributed by atoms with Crippen LogP contribution >= 0.6 is 11.6 Å². The summed E-state index contributed by atoms with van der Waals surface area (Å²) in [6, 6.07) is 0. The molecule has 7 nitrogen and oxygen atoms in total. The Hall–Kier alpha value is -1.12. The minimum Gasteiger partial charge on any atom is -0.468 e. The van der Waals surface area contributed by atoms with Crippen molar-refractivity contribution in [3.05, 3.63) is 12.5 Å². The molecule has 0 saturated carbocycles. The van der Waals surface area contributed by atoms with E-state index in [1.165, 1.54) is 13.4 Å². The van der Waals surface area contributed by atoms with Crippen LogP contribution in [0.1, 0.15) is 0 Å². The number of alkyl halides is 1. The Bertz CT molecular complexity index is 444. The minimum atomic E-state index is -3.71. The van der Waals surface area contributed by atoms with Gasteiger partial charge in [-0.3, -0.25) is 4.79 Å². The Labute approximate surface area is 97.2 Å². The van der Waals surface area contributed by atoms with Gasteiger partial charge in [0.15, 0.2) is 5.03 Å². The molecule has 1 atom stereocenters. The molecule has 1 aromatic heterocycles. The van der Waals surface area contributed by atoms with E-state index in [1.54, 1.807) is 0 Å². The molecule has 0 aliphatic carbocycles. The van der Waals surface area contributed by atoms with Crippen LogP contribution in [0.15, 0.2) is 17.6 Å². The minimum absolute atomic E-state index is 0.0961. The first kappa shape index (κ1) is 12.9. The van der Waals surface area contributed by atoms with Gasteiger partial charge in [-0.1, -0.05) is 0 Å². The largest absolute Gasteiger partial charge is 0.468 e. The highest BCUT2D eigenvalue weighted by Crippen LogP contribution is 2.03. The number of imidazole rings is 1. The Morgan fingerprint density at radius 3 is 2.94 bits per heavy atom. The summed E-state index contributed by atoms with van der Waals surface area (Å²) in [6.07, 6.45) is 2.37. The monoisotopic (exact) mass is 267 g/mol. The maximum absolute atomic E-state index is 11.5. The van der Waals surface area contributed by atoms with Gasteiger partial charge in [-0.2, -0.15) is 0 Å². The van der Waals surface area contributed by atoms with Gasteiger partial charge in [-0.15, -0.1) is 11.6 Å². The van der Waals surface area contributed by atoms with Crippen molar-refractivity contribution in [1.29, 1.82) is 0 Å². The molecular weight excluding hydrogens is 258 g/mol. The maximum atomic E-state index is 11.5. The summed E-state index contributed by atoms with van der Waals surface area (Å²) in [7, 11) is -2.55. The number of nitrogens with one attached hydrogen (secondary N) is 2. The van der Waals surface area contributed by atoms with Crippen molar-refractivity contribution in [1.82, 2.24) is 14.7 Å². The third-order valence-corrected chi connectivity index (χ3v) is 3.35. The summed E-state index contributed by atoms with van der Waals surface area (Å²) in [5.74, 6) is -0.700. The number of carbonyl (C=O) groups excluding carboxylic acids is 1. The first-order valence-electron chi connectivity index (χ1n) is 4.17. The number of aromatic nitrogens is 2. The van der Waals surface area contributed by atoms with Crippen molar-refractivity contribution in [2.24, 2.45) is 0 Å². The van der Waals surface area contributed by atoms with E-state index in [-0.39, 0.29) is 11.6 Å². The third kappa shape index (κ3) is 3.19. The van der Waals surface area contributed by atoms with Crippen molar-refractivity contribution >= 4 is 27.6 Å². The van der Waals surface area contributed by atoms with Crippen molar-refractivity contribution in [3.8, 4) is 0 Å². The fourth-order valence-electron chi connectivity index (χ4n) is 0.862. The van der Waals surface area contributed by atoms with Crippen molar-refractivity contribution in [3.63, 3.8) is 0 Å². The molecule has 1 unspecified atom stereocenters. The number of methoxy groups -OCH3 is 1. The van der Waals surface area contributed by atoms with Gasteiger partial charge in [0.25, 0.3) is 10.0 Å². The number of esters is 1. The van der Waals surface area contributed by atoms with Crippen LogP contribution in [0.4, 0.5) is 0 Å². The van der Waals surface area contributed by atoms with E-state index in [1.807, 2.05) is 0 Å². The van der Waals surface area contributed by atoms with Crippen LogP contribution in [0, 0.1) is 0 Å². The van der Waals surface area contributed by atoms with Gasteiger partial charge in [-0.25, -0.2) is 18.1 Å². The summed E-state index contributed by atoms with van der Waals surface area (Å²) in [5, 5.41) is -1.16. The average molecular weight is 268 g/mol. The SMILES string of the molecule is COC(=O)C(Cl)CNS(=O)(=O)c1cnc[nH]1. The molecule has 0 aliphatic rings. The number of rotatable bonds is 5. The number of carbonyl (C=O) groups is 1. The number of hydrogen-bond acceptors (Lipinski definition) is 5. The van der Waals surface area contributed by atoms with E-state index >= 15 is 0 Å². The van der Waals surface area contributed by atoms with Gasteiger partial charge >= 0.3 is 5.97 Å². The summed E-state index contributed by atoms with van der Waals surface area (Å²) in [4.78, 5) is 16.9. The molecule has 90 valence electrons. The fraction of sp³-hybridized carbons (Fsp3) is 0.429. The predicted molar refractivity (Wildman–Crippen MR) is 55.4 cm³/mol. The number of sulfonamides is 1. The molecule has 0 saturated heterocycles. The zero-order chi connectivity index (χ0) is 12.2. The van der Waals surface area contributed by atoms with Crippen LogP contribution in [-0.2, 0) is 19.6 Å². The van der Waals surface area contributed by atoms with Crippen LogP contribution in [0.5, 0.6) is 0 Å². The topological polar surface area (TPSA) is 101 Å². The molecule has 0 aliphatic heterocycles. The lowest BCUT2D eigenvalue weighted by Crippen LogP contribution is -2.34. The lowest BCUT2D eigenvalue weighted by Gasteiger charge is -2.08. The van der Waals surface area contributed by atoms with Gasteiger partial charge in [0.2, 0.25) is 0 Å². The van der Waals surface area contributed by atoms with Crippen LogP contribution in [0.2, 0.25) is 0 Å². The summed E-state index contributed by atoms with van der Waals surface area (Å²) in [6.45, 7) is -0.254. The van der Waals surface area contributed by atoms with Gasteiger partial charge in [0, 0.05) is 6.54 Å². The maximum Gasteiger partial charge on any atom is 0.325 e. The highest BCUT2D eigenvalue weighted by molar-refractivity contribution is 7.89. The number of halogens is 1. The van der Waals surface area contributed by atoms with Crippen LogP contribution < -0.4 is 4.72 Å². The zero-order valence-corrected chi connectivity index (χ0v) is 9.88. The predicted octanol–water partition coefficient (Wildman–Crippen LogP) is -0.532. The Balaban J connectivity index is 2.59. The normalized spacial score (nSPS) is 13.4. The van der Waals surface area contributed by atoms with Gasteiger partial charge in [0.05, 0.1) is 19.6 Å². The van der Waals surface area contributed by atoms with Gasteiger partial charge in [-0.05, 0) is 0 Å². The second-order valence-electron chi connectivity index (χ2n) is 2.76. The Morgan fingerprint density at radius 1 is 1.75 bits per heavy atom. The lowest BCUT2D eigenvalue weighted by atomic mass is 10.4. The van der Waals surface area contributed by atoms with Gasteiger partial charge in [0.1, 0.15) is 5.38 Å². The van der Waals surface area contributed by atoms with Crippen LogP contribution in [0.25, 0.3) is 0 Å². The molecule has 0 radical (unpaired) electrons. The third-order valence-electron chi connectivity index (χ3n) is 1.67. The second kappa shape index (κ2) is 5.28. The number of nitrogens with zero attached hydrogens (tertiary/aromatic N) is 1. The van der Waals surface area contributed by atoms with Crippen molar-refractivity contribution in [2.45, 2.75) is 10.4 Å². The molecule has 1 rings (SSSR count). The van der Waals surface area contributed by atoms with Crippen LogP contribution in [0.3, 0.4) is 0 Å².